The molecular weight excluding hydrogens is 284 g/mol. The van der Waals surface area contributed by atoms with Crippen LogP contribution in [-0.2, 0) is 0 Å². The van der Waals surface area contributed by atoms with E-state index < -0.39 is 0 Å². The van der Waals surface area contributed by atoms with Crippen molar-refractivity contribution in [2.45, 2.75) is 17.1 Å². The average molecular weight is 294 g/mol. The van der Waals surface area contributed by atoms with E-state index in [0.29, 0.717) is 10.9 Å². The van der Waals surface area contributed by atoms with Crippen LogP contribution in [0.25, 0.3) is 16.7 Å². The molecule has 0 radical (unpaired) electrons. The van der Waals surface area contributed by atoms with E-state index in [0.717, 1.165) is 21.5 Å². The monoisotopic (exact) mass is 294 g/mol. The topological polar surface area (TPSA) is 68.9 Å². The summed E-state index contributed by atoms with van der Waals surface area (Å²) >= 11 is 1.42. The van der Waals surface area contributed by atoms with Crippen molar-refractivity contribution in [3.05, 3.63) is 48.5 Å². The predicted molar refractivity (Wildman–Crippen MR) is 79.2 cm³/mol. The molecule has 1 aromatic carbocycles. The van der Waals surface area contributed by atoms with Crippen LogP contribution in [0.15, 0.2) is 53.2 Å². The molecule has 4 aromatic rings. The summed E-state index contributed by atoms with van der Waals surface area (Å²) in [6.07, 6.45) is 5.09. The third-order valence-corrected chi connectivity index (χ3v) is 3.99. The van der Waals surface area contributed by atoms with Gasteiger partial charge in [0.25, 0.3) is 5.78 Å². The largest absolute Gasteiger partial charge is 0.253 e. The lowest BCUT2D eigenvalue weighted by molar-refractivity contribution is 0.878. The molecular formula is C14H10N6S. The van der Waals surface area contributed by atoms with E-state index in [-0.39, 0.29) is 0 Å². The molecule has 3 heterocycles. The highest BCUT2D eigenvalue weighted by atomic mass is 32.2. The zero-order valence-electron chi connectivity index (χ0n) is 11.1. The molecule has 6 nitrogen and oxygen atoms in total. The number of benzene rings is 1. The van der Waals surface area contributed by atoms with Crippen LogP contribution >= 0.6 is 11.8 Å². The van der Waals surface area contributed by atoms with Crippen molar-refractivity contribution in [1.82, 2.24) is 29.5 Å². The normalized spacial score (nSPS) is 11.3. The lowest BCUT2D eigenvalue weighted by atomic mass is 10.1. The van der Waals surface area contributed by atoms with Crippen molar-refractivity contribution >= 4 is 28.4 Å². The number of rotatable bonds is 2. The van der Waals surface area contributed by atoms with Gasteiger partial charge >= 0.3 is 0 Å². The summed E-state index contributed by atoms with van der Waals surface area (Å²) in [5.74, 6) is 0.578. The van der Waals surface area contributed by atoms with Gasteiger partial charge in [-0.05, 0) is 30.3 Å². The maximum absolute atomic E-state index is 4.38. The zero-order chi connectivity index (χ0) is 14.2. The lowest BCUT2D eigenvalue weighted by Gasteiger charge is -2.03. The number of para-hydroxylation sites is 1. The average Bonchev–Trinajstić information content (AvgIpc) is 2.90. The summed E-state index contributed by atoms with van der Waals surface area (Å²) in [6.45, 7) is 2.04. The first kappa shape index (κ1) is 12.2. The molecule has 4 rings (SSSR count). The minimum Gasteiger partial charge on any atom is -0.236 e. The van der Waals surface area contributed by atoms with Crippen molar-refractivity contribution in [2.24, 2.45) is 0 Å². The van der Waals surface area contributed by atoms with E-state index in [1.807, 2.05) is 37.4 Å². The van der Waals surface area contributed by atoms with Crippen LogP contribution in [0.3, 0.4) is 0 Å². The second-order valence-electron chi connectivity index (χ2n) is 4.51. The van der Waals surface area contributed by atoms with Crippen LogP contribution in [0.2, 0.25) is 0 Å². The summed E-state index contributed by atoms with van der Waals surface area (Å²) in [5, 5.41) is 6.86. The Bertz CT molecular complexity index is 915. The molecule has 3 aromatic heterocycles. The predicted octanol–water partition coefficient (Wildman–Crippen LogP) is 2.53. The smallest absolute Gasteiger partial charge is 0.236 e. The van der Waals surface area contributed by atoms with Gasteiger partial charge in [-0.15, -0.1) is 5.10 Å². The van der Waals surface area contributed by atoms with E-state index in [1.165, 1.54) is 11.8 Å². The Morgan fingerprint density at radius 1 is 1.10 bits per heavy atom. The van der Waals surface area contributed by atoms with Crippen LogP contribution < -0.4 is 0 Å². The number of hydrogen-bond acceptors (Lipinski definition) is 6. The SMILES string of the molecule is Cc1cccc2c(Sc3nc4ncccn4n3)ncnc12. The standard InChI is InChI=1S/C14H10N6S/c1-9-4-2-5-10-11(9)16-8-17-12(10)21-14-18-13-15-6-3-7-20(13)19-14/h2-8H,1H3. The highest BCUT2D eigenvalue weighted by molar-refractivity contribution is 7.99. The van der Waals surface area contributed by atoms with Gasteiger partial charge in [0.05, 0.1) is 5.52 Å². The summed E-state index contributed by atoms with van der Waals surface area (Å²) in [7, 11) is 0. The molecule has 0 aliphatic rings. The Hall–Kier alpha value is -2.54. The molecule has 0 aliphatic heterocycles. The molecule has 102 valence electrons. The minimum atomic E-state index is 0.578. The highest BCUT2D eigenvalue weighted by Gasteiger charge is 2.11. The summed E-state index contributed by atoms with van der Waals surface area (Å²) in [5.41, 5.74) is 2.08. The fourth-order valence-electron chi connectivity index (χ4n) is 2.14. The molecule has 0 spiro atoms. The van der Waals surface area contributed by atoms with Crippen LogP contribution in [0.1, 0.15) is 5.56 Å². The fourth-order valence-corrected chi connectivity index (χ4v) is 2.94. The molecule has 0 bridgehead atoms. The molecule has 0 amide bonds. The molecule has 0 fully saturated rings. The van der Waals surface area contributed by atoms with Crippen molar-refractivity contribution in [1.29, 1.82) is 0 Å². The van der Waals surface area contributed by atoms with E-state index in [2.05, 4.69) is 25.0 Å². The number of fused-ring (bicyclic) bond motifs is 2. The van der Waals surface area contributed by atoms with Gasteiger partial charge in [-0.1, -0.05) is 18.2 Å². The molecule has 0 unspecified atom stereocenters. The molecule has 0 saturated carbocycles. The van der Waals surface area contributed by atoms with Crippen LogP contribution in [-0.4, -0.2) is 29.5 Å². The van der Waals surface area contributed by atoms with Crippen LogP contribution in [0, 0.1) is 6.92 Å². The zero-order valence-corrected chi connectivity index (χ0v) is 11.9. The Morgan fingerprint density at radius 3 is 2.95 bits per heavy atom. The minimum absolute atomic E-state index is 0.578. The Morgan fingerprint density at radius 2 is 2.05 bits per heavy atom. The van der Waals surface area contributed by atoms with Crippen molar-refractivity contribution < 1.29 is 0 Å². The summed E-state index contributed by atoms with van der Waals surface area (Å²) < 4.78 is 1.65. The number of hydrogen-bond donors (Lipinski definition) is 0. The van der Waals surface area contributed by atoms with Gasteiger partial charge in [0, 0.05) is 17.8 Å². The first-order valence-corrected chi connectivity index (χ1v) is 7.18. The van der Waals surface area contributed by atoms with Crippen LogP contribution in [0.5, 0.6) is 0 Å². The second kappa shape index (κ2) is 4.78. The third-order valence-electron chi connectivity index (χ3n) is 3.12. The Balaban J connectivity index is 1.82. The highest BCUT2D eigenvalue weighted by Crippen LogP contribution is 2.29. The molecule has 0 atom stereocenters. The van der Waals surface area contributed by atoms with Crippen LogP contribution in [0.4, 0.5) is 0 Å². The maximum atomic E-state index is 4.38. The molecule has 0 N–H and O–H groups in total. The molecule has 21 heavy (non-hydrogen) atoms. The van der Waals surface area contributed by atoms with Crippen molar-refractivity contribution in [3.63, 3.8) is 0 Å². The molecule has 7 heteroatoms. The number of nitrogens with zero attached hydrogens (tertiary/aromatic N) is 6. The number of aryl methyl sites for hydroxylation is 1. The van der Waals surface area contributed by atoms with Gasteiger partial charge < -0.3 is 0 Å². The third kappa shape index (κ3) is 2.11. The van der Waals surface area contributed by atoms with Gasteiger partial charge in [-0.2, -0.15) is 4.98 Å². The van der Waals surface area contributed by atoms with Gasteiger partial charge in [-0.25, -0.2) is 19.5 Å². The van der Waals surface area contributed by atoms with E-state index in [4.69, 9.17) is 0 Å². The van der Waals surface area contributed by atoms with Gasteiger partial charge in [0.1, 0.15) is 11.4 Å². The van der Waals surface area contributed by atoms with E-state index >= 15 is 0 Å². The molecule has 0 aliphatic carbocycles. The Labute approximate surface area is 124 Å². The number of aromatic nitrogens is 6. The van der Waals surface area contributed by atoms with E-state index in [1.54, 1.807) is 17.0 Å². The van der Waals surface area contributed by atoms with E-state index in [9.17, 15) is 0 Å². The first-order chi connectivity index (χ1) is 10.3. The van der Waals surface area contributed by atoms with Gasteiger partial charge in [-0.3, -0.25) is 0 Å². The maximum Gasteiger partial charge on any atom is 0.253 e. The fraction of sp³-hybridized carbons (Fsp3) is 0.0714. The summed E-state index contributed by atoms with van der Waals surface area (Å²) in [4.78, 5) is 17.2. The van der Waals surface area contributed by atoms with Gasteiger partial charge in [0.15, 0.2) is 0 Å². The van der Waals surface area contributed by atoms with Gasteiger partial charge in [0.2, 0.25) is 5.16 Å². The first-order valence-electron chi connectivity index (χ1n) is 6.37. The van der Waals surface area contributed by atoms with Crippen molar-refractivity contribution in [2.75, 3.05) is 0 Å². The van der Waals surface area contributed by atoms with Crippen molar-refractivity contribution in [3.8, 4) is 0 Å². The second-order valence-corrected chi connectivity index (χ2v) is 5.47. The lowest BCUT2D eigenvalue weighted by Crippen LogP contribution is -1.90. The Kier molecular flexibility index (Phi) is 2.78. The molecule has 0 saturated heterocycles. The quantitative estimate of drug-likeness (QED) is 0.529. The summed E-state index contributed by atoms with van der Waals surface area (Å²) in [6, 6.07) is 7.87.